The van der Waals surface area contributed by atoms with Gasteiger partial charge in [-0.2, -0.15) is 10.5 Å². The zero-order valence-corrected chi connectivity index (χ0v) is 8.26. The maximum Gasteiger partial charge on any atom is 0.124 e. The van der Waals surface area contributed by atoms with E-state index in [0.29, 0.717) is 0 Å². The number of hydrogen-bond acceptors (Lipinski definition) is 4. The van der Waals surface area contributed by atoms with Crippen LogP contribution in [-0.2, 0) is 0 Å². The van der Waals surface area contributed by atoms with E-state index >= 15 is 0 Å². The van der Waals surface area contributed by atoms with Crippen LogP contribution >= 0.6 is 0 Å². The van der Waals surface area contributed by atoms with Gasteiger partial charge in [-0.05, 0) is 12.1 Å². The van der Waals surface area contributed by atoms with Gasteiger partial charge in [0.2, 0.25) is 0 Å². The van der Waals surface area contributed by atoms with Crippen LogP contribution in [0.5, 0.6) is 0 Å². The number of hydrogen-bond donors (Lipinski definition) is 2. The molecule has 0 fully saturated rings. The highest BCUT2D eigenvalue weighted by Gasteiger charge is 2.21. The van der Waals surface area contributed by atoms with Gasteiger partial charge in [0.15, 0.2) is 0 Å². The molecule has 0 saturated carbocycles. The quantitative estimate of drug-likeness (QED) is 0.795. The minimum absolute atomic E-state index is 0.0514. The van der Waals surface area contributed by atoms with Crippen LogP contribution in [0.15, 0.2) is 18.2 Å². The molecule has 0 amide bonds. The lowest BCUT2D eigenvalue weighted by molar-refractivity contribution is 0.0214. The summed E-state index contributed by atoms with van der Waals surface area (Å²) in [6.07, 6.45) is -2.92. The largest absolute Gasteiger partial charge is 0.389 e. The van der Waals surface area contributed by atoms with E-state index in [1.54, 1.807) is 12.1 Å². The van der Waals surface area contributed by atoms with Crippen LogP contribution in [0.2, 0.25) is 0 Å². The molecule has 1 aromatic rings. The molecule has 82 valence electrons. The summed E-state index contributed by atoms with van der Waals surface area (Å²) in [5.74, 6) is -0.595. The third-order valence-corrected chi connectivity index (χ3v) is 2.12. The fourth-order valence-electron chi connectivity index (χ4n) is 1.30. The van der Waals surface area contributed by atoms with Gasteiger partial charge in [-0.1, -0.05) is 6.07 Å². The number of nitriles is 2. The van der Waals surface area contributed by atoms with Gasteiger partial charge in [0, 0.05) is 5.56 Å². The smallest absolute Gasteiger partial charge is 0.124 e. The summed E-state index contributed by atoms with van der Waals surface area (Å²) in [5, 5.41) is 36.1. The number of rotatable bonds is 3. The summed E-state index contributed by atoms with van der Waals surface area (Å²) >= 11 is 0. The van der Waals surface area contributed by atoms with E-state index in [4.69, 9.17) is 10.5 Å². The zero-order valence-electron chi connectivity index (χ0n) is 8.26. The molecule has 0 saturated heterocycles. The van der Waals surface area contributed by atoms with E-state index in [-0.39, 0.29) is 17.5 Å². The molecule has 2 N–H and O–H groups in total. The highest BCUT2D eigenvalue weighted by molar-refractivity contribution is 5.39. The zero-order chi connectivity index (χ0) is 12.1. The lowest BCUT2D eigenvalue weighted by Gasteiger charge is -2.16. The Kier molecular flexibility index (Phi) is 3.96. The monoisotopic (exact) mass is 220 g/mol. The average molecular weight is 220 g/mol. The van der Waals surface area contributed by atoms with Gasteiger partial charge in [0.25, 0.3) is 0 Å². The highest BCUT2D eigenvalue weighted by atomic mass is 19.1. The van der Waals surface area contributed by atoms with Gasteiger partial charge in [-0.25, -0.2) is 4.39 Å². The second-order valence-corrected chi connectivity index (χ2v) is 3.22. The van der Waals surface area contributed by atoms with Crippen molar-refractivity contribution in [3.8, 4) is 12.1 Å². The third kappa shape index (κ3) is 2.54. The molecule has 0 aliphatic rings. The fourth-order valence-corrected chi connectivity index (χ4v) is 1.30. The topological polar surface area (TPSA) is 88.0 Å². The first-order valence-corrected chi connectivity index (χ1v) is 4.52. The van der Waals surface area contributed by atoms with Crippen molar-refractivity contribution in [3.05, 3.63) is 35.1 Å². The molecule has 1 rings (SSSR count). The van der Waals surface area contributed by atoms with E-state index in [0.717, 1.165) is 12.1 Å². The summed E-state index contributed by atoms with van der Waals surface area (Å²) in [7, 11) is 0. The summed E-state index contributed by atoms with van der Waals surface area (Å²) in [6.45, 7) is 0. The summed E-state index contributed by atoms with van der Waals surface area (Å²) in [4.78, 5) is 0. The van der Waals surface area contributed by atoms with Crippen LogP contribution in [-0.4, -0.2) is 16.3 Å². The number of aliphatic hydroxyl groups is 2. The van der Waals surface area contributed by atoms with Crippen molar-refractivity contribution >= 4 is 0 Å². The van der Waals surface area contributed by atoms with Crippen molar-refractivity contribution in [1.82, 2.24) is 0 Å². The molecule has 2 unspecified atom stereocenters. The van der Waals surface area contributed by atoms with E-state index in [9.17, 15) is 14.6 Å². The lowest BCUT2D eigenvalue weighted by Crippen LogP contribution is -2.18. The van der Waals surface area contributed by atoms with Gasteiger partial charge in [-0.3, -0.25) is 0 Å². The van der Waals surface area contributed by atoms with Gasteiger partial charge < -0.3 is 10.2 Å². The van der Waals surface area contributed by atoms with Crippen molar-refractivity contribution in [2.75, 3.05) is 0 Å². The SMILES string of the molecule is N#CCC(O)C(O)c1ccc(F)cc1C#N. The predicted octanol–water partition coefficient (Wildman–Crippen LogP) is 1.01. The van der Waals surface area contributed by atoms with E-state index in [1.807, 2.05) is 0 Å². The predicted molar refractivity (Wildman–Crippen MR) is 52.3 cm³/mol. The first kappa shape index (κ1) is 12.1. The van der Waals surface area contributed by atoms with Crippen molar-refractivity contribution in [2.45, 2.75) is 18.6 Å². The molecule has 0 aliphatic heterocycles. The molecule has 1 aromatic carbocycles. The maximum absolute atomic E-state index is 12.8. The van der Waals surface area contributed by atoms with Crippen molar-refractivity contribution in [2.24, 2.45) is 0 Å². The Labute approximate surface area is 91.8 Å². The Hall–Kier alpha value is -1.95. The molecular weight excluding hydrogens is 211 g/mol. The molecule has 2 atom stereocenters. The number of benzene rings is 1. The molecule has 0 spiro atoms. The maximum atomic E-state index is 12.8. The lowest BCUT2D eigenvalue weighted by atomic mass is 9.98. The Morgan fingerprint density at radius 1 is 1.31 bits per heavy atom. The fraction of sp³-hybridized carbons (Fsp3) is 0.273. The Bertz CT molecular complexity index is 462. The molecule has 0 radical (unpaired) electrons. The van der Waals surface area contributed by atoms with Crippen LogP contribution in [0, 0.1) is 28.5 Å². The molecule has 4 nitrogen and oxygen atoms in total. The van der Waals surface area contributed by atoms with Crippen LogP contribution in [0.25, 0.3) is 0 Å². The summed E-state index contributed by atoms with van der Waals surface area (Å²) in [6, 6.07) is 6.69. The second-order valence-electron chi connectivity index (χ2n) is 3.22. The van der Waals surface area contributed by atoms with Crippen LogP contribution in [0.1, 0.15) is 23.7 Å². The molecule has 0 heterocycles. The molecule has 0 aliphatic carbocycles. The number of halogens is 1. The van der Waals surface area contributed by atoms with Crippen molar-refractivity contribution in [3.63, 3.8) is 0 Å². The van der Waals surface area contributed by atoms with Gasteiger partial charge in [-0.15, -0.1) is 0 Å². The van der Waals surface area contributed by atoms with Gasteiger partial charge >= 0.3 is 0 Å². The minimum atomic E-state index is -1.37. The third-order valence-electron chi connectivity index (χ3n) is 2.12. The van der Waals surface area contributed by atoms with Gasteiger partial charge in [0.05, 0.1) is 30.2 Å². The van der Waals surface area contributed by atoms with Crippen molar-refractivity contribution in [1.29, 1.82) is 10.5 Å². The van der Waals surface area contributed by atoms with Gasteiger partial charge in [0.1, 0.15) is 11.9 Å². The molecule has 0 bridgehead atoms. The first-order valence-electron chi connectivity index (χ1n) is 4.52. The summed E-state index contributed by atoms with van der Waals surface area (Å²) < 4.78 is 12.8. The number of aliphatic hydroxyl groups excluding tert-OH is 2. The van der Waals surface area contributed by atoms with Crippen LogP contribution < -0.4 is 0 Å². The van der Waals surface area contributed by atoms with E-state index in [1.165, 1.54) is 6.07 Å². The normalized spacial score (nSPS) is 13.6. The van der Waals surface area contributed by atoms with Crippen LogP contribution in [0.3, 0.4) is 0 Å². The molecule has 0 aromatic heterocycles. The standard InChI is InChI=1S/C11H9FN2O2/c12-8-1-2-9(7(5-8)6-14)11(16)10(15)3-4-13/h1-2,5,10-11,15-16H,3H2. The van der Waals surface area contributed by atoms with Crippen LogP contribution in [0.4, 0.5) is 4.39 Å². The summed E-state index contributed by atoms with van der Waals surface area (Å²) in [5.41, 5.74) is 0.0659. The van der Waals surface area contributed by atoms with E-state index < -0.39 is 18.0 Å². The molecule has 5 heteroatoms. The first-order chi connectivity index (χ1) is 7.60. The molecular formula is C11H9FN2O2. The van der Waals surface area contributed by atoms with E-state index in [2.05, 4.69) is 0 Å². The number of nitrogens with zero attached hydrogens (tertiary/aromatic N) is 2. The van der Waals surface area contributed by atoms with Crippen molar-refractivity contribution < 1.29 is 14.6 Å². The Morgan fingerprint density at radius 2 is 2.00 bits per heavy atom. The molecule has 16 heavy (non-hydrogen) atoms. The highest BCUT2D eigenvalue weighted by Crippen LogP contribution is 2.22. The second kappa shape index (κ2) is 5.22. The average Bonchev–Trinajstić information content (AvgIpc) is 2.28. The Morgan fingerprint density at radius 3 is 2.56 bits per heavy atom. The Balaban J connectivity index is 3.05. The minimum Gasteiger partial charge on any atom is -0.389 e.